The van der Waals surface area contributed by atoms with Crippen molar-refractivity contribution in [2.75, 3.05) is 0 Å². The van der Waals surface area contributed by atoms with Gasteiger partial charge in [0.25, 0.3) is 0 Å². The van der Waals surface area contributed by atoms with Gasteiger partial charge in [0, 0.05) is 12.6 Å². The Hall–Kier alpha value is -2.04. The second kappa shape index (κ2) is 3.37. The van der Waals surface area contributed by atoms with E-state index in [1.165, 1.54) is 0 Å². The molecule has 0 saturated heterocycles. The maximum atomic E-state index is 8.46. The number of aromatic nitrogens is 2. The van der Waals surface area contributed by atoms with Crippen LogP contribution in [0.3, 0.4) is 0 Å². The molecular formula is C9H10N4O. The van der Waals surface area contributed by atoms with E-state index in [1.54, 1.807) is 12.5 Å². The van der Waals surface area contributed by atoms with Crippen LogP contribution in [0.4, 0.5) is 0 Å². The highest BCUT2D eigenvalue weighted by Gasteiger charge is 2.03. The molecular weight excluding hydrogens is 180 g/mol. The van der Waals surface area contributed by atoms with E-state index in [9.17, 15) is 0 Å². The van der Waals surface area contributed by atoms with Gasteiger partial charge in [0.2, 0.25) is 0 Å². The van der Waals surface area contributed by atoms with Crippen LogP contribution in [0.25, 0.3) is 5.52 Å². The van der Waals surface area contributed by atoms with Crippen LogP contribution in [-0.4, -0.2) is 20.4 Å². The molecule has 0 unspecified atom stereocenters. The van der Waals surface area contributed by atoms with E-state index in [1.807, 2.05) is 22.7 Å². The Morgan fingerprint density at radius 3 is 3.29 bits per heavy atom. The van der Waals surface area contributed by atoms with E-state index in [2.05, 4.69) is 10.1 Å². The molecule has 0 fully saturated rings. The van der Waals surface area contributed by atoms with Crippen molar-refractivity contribution >= 4 is 11.4 Å². The summed E-state index contributed by atoms with van der Waals surface area (Å²) in [6.07, 6.45) is 5.79. The molecule has 2 rings (SSSR count). The molecule has 2 aromatic rings. The third-order valence-corrected chi connectivity index (χ3v) is 2.04. The molecule has 3 N–H and O–H groups in total. The lowest BCUT2D eigenvalue weighted by atomic mass is 10.1. The van der Waals surface area contributed by atoms with E-state index < -0.39 is 0 Å². The van der Waals surface area contributed by atoms with Crippen molar-refractivity contribution in [1.82, 2.24) is 9.38 Å². The minimum atomic E-state index is 0.194. The second-order valence-corrected chi connectivity index (χ2v) is 2.99. The summed E-state index contributed by atoms with van der Waals surface area (Å²) in [5.41, 5.74) is 7.39. The fourth-order valence-corrected chi connectivity index (χ4v) is 1.39. The van der Waals surface area contributed by atoms with Crippen LogP contribution < -0.4 is 5.73 Å². The molecule has 2 aromatic heterocycles. The SMILES string of the molecule is N/C(Cc1cccn2cncc12)=N\O. The van der Waals surface area contributed by atoms with E-state index >= 15 is 0 Å². The quantitative estimate of drug-likeness (QED) is 0.315. The summed E-state index contributed by atoms with van der Waals surface area (Å²) in [6.45, 7) is 0. The Morgan fingerprint density at radius 1 is 1.64 bits per heavy atom. The van der Waals surface area contributed by atoms with E-state index in [4.69, 9.17) is 10.9 Å². The number of imidazole rings is 1. The zero-order chi connectivity index (χ0) is 9.97. The van der Waals surface area contributed by atoms with Crippen LogP contribution in [0.5, 0.6) is 0 Å². The van der Waals surface area contributed by atoms with Gasteiger partial charge in [-0.2, -0.15) is 0 Å². The van der Waals surface area contributed by atoms with Crippen LogP contribution in [0.15, 0.2) is 36.0 Å². The number of hydrogen-bond acceptors (Lipinski definition) is 3. The van der Waals surface area contributed by atoms with Gasteiger partial charge in [-0.25, -0.2) is 4.98 Å². The summed E-state index contributed by atoms with van der Waals surface area (Å²) < 4.78 is 1.89. The molecule has 0 bridgehead atoms. The minimum absolute atomic E-state index is 0.194. The van der Waals surface area contributed by atoms with Crippen molar-refractivity contribution in [2.24, 2.45) is 10.9 Å². The third kappa shape index (κ3) is 1.39. The maximum absolute atomic E-state index is 8.46. The number of nitrogens with two attached hydrogens (primary N) is 1. The Labute approximate surface area is 80.5 Å². The number of nitrogens with zero attached hydrogens (tertiary/aromatic N) is 3. The molecule has 0 aromatic carbocycles. The lowest BCUT2D eigenvalue weighted by molar-refractivity contribution is 0.317. The van der Waals surface area contributed by atoms with Crippen molar-refractivity contribution in [3.05, 3.63) is 36.4 Å². The van der Waals surface area contributed by atoms with Crippen LogP contribution in [0.1, 0.15) is 5.56 Å². The van der Waals surface area contributed by atoms with Gasteiger partial charge in [-0.3, -0.25) is 0 Å². The zero-order valence-corrected chi connectivity index (χ0v) is 7.46. The van der Waals surface area contributed by atoms with Crippen molar-refractivity contribution in [2.45, 2.75) is 6.42 Å². The van der Waals surface area contributed by atoms with Gasteiger partial charge < -0.3 is 15.3 Å². The fourth-order valence-electron chi connectivity index (χ4n) is 1.39. The molecule has 0 saturated carbocycles. The van der Waals surface area contributed by atoms with Crippen LogP contribution in [-0.2, 0) is 6.42 Å². The van der Waals surface area contributed by atoms with Gasteiger partial charge >= 0.3 is 0 Å². The third-order valence-electron chi connectivity index (χ3n) is 2.04. The normalized spacial score (nSPS) is 12.1. The molecule has 0 aliphatic heterocycles. The van der Waals surface area contributed by atoms with Gasteiger partial charge in [-0.05, 0) is 11.6 Å². The Balaban J connectivity index is 2.46. The van der Waals surface area contributed by atoms with Crippen LogP contribution in [0.2, 0.25) is 0 Å². The van der Waals surface area contributed by atoms with E-state index in [0.717, 1.165) is 11.1 Å². The number of rotatable bonds is 2. The first-order valence-electron chi connectivity index (χ1n) is 4.17. The molecule has 5 heteroatoms. The van der Waals surface area contributed by atoms with Gasteiger partial charge in [0.05, 0.1) is 18.0 Å². The summed E-state index contributed by atoms with van der Waals surface area (Å²) in [7, 11) is 0. The molecule has 0 atom stereocenters. The number of fused-ring (bicyclic) bond motifs is 1. The first kappa shape index (κ1) is 8.55. The highest BCUT2D eigenvalue weighted by atomic mass is 16.4. The van der Waals surface area contributed by atoms with Crippen LogP contribution >= 0.6 is 0 Å². The molecule has 0 radical (unpaired) electrons. The van der Waals surface area contributed by atoms with Crippen molar-refractivity contribution in [3.8, 4) is 0 Å². The molecule has 0 aliphatic rings. The Kier molecular flexibility index (Phi) is 2.06. The summed E-state index contributed by atoms with van der Waals surface area (Å²) in [5, 5.41) is 11.4. The smallest absolute Gasteiger partial charge is 0.143 e. The second-order valence-electron chi connectivity index (χ2n) is 2.99. The highest BCUT2D eigenvalue weighted by Crippen LogP contribution is 2.10. The lowest BCUT2D eigenvalue weighted by Crippen LogP contribution is -2.15. The molecule has 72 valence electrons. The molecule has 0 aliphatic carbocycles. The molecule has 0 amide bonds. The summed E-state index contributed by atoms with van der Waals surface area (Å²) in [5.74, 6) is 0.194. The fraction of sp³-hybridized carbons (Fsp3) is 0.111. The minimum Gasteiger partial charge on any atom is -0.409 e. The average molecular weight is 190 g/mol. The van der Waals surface area contributed by atoms with Crippen molar-refractivity contribution in [1.29, 1.82) is 0 Å². The molecule has 0 spiro atoms. The zero-order valence-electron chi connectivity index (χ0n) is 7.46. The Bertz CT molecular complexity index is 474. The monoisotopic (exact) mass is 190 g/mol. The standard InChI is InChI=1S/C9H10N4O/c10-9(12-14)4-7-2-1-3-13-6-11-5-8(7)13/h1-3,5-6,14H,4H2,(H2,10,12). The number of hydrogen-bond donors (Lipinski definition) is 2. The predicted octanol–water partition coefficient (Wildman–Crippen LogP) is 0.623. The molecule has 5 nitrogen and oxygen atoms in total. The highest BCUT2D eigenvalue weighted by molar-refractivity contribution is 5.83. The Morgan fingerprint density at radius 2 is 2.50 bits per heavy atom. The largest absolute Gasteiger partial charge is 0.409 e. The van der Waals surface area contributed by atoms with Crippen LogP contribution in [0, 0.1) is 0 Å². The summed E-state index contributed by atoms with van der Waals surface area (Å²) in [6, 6.07) is 3.82. The number of amidine groups is 1. The maximum Gasteiger partial charge on any atom is 0.143 e. The first-order chi connectivity index (χ1) is 6.81. The molecule has 14 heavy (non-hydrogen) atoms. The summed E-state index contributed by atoms with van der Waals surface area (Å²) >= 11 is 0. The number of oxime groups is 1. The summed E-state index contributed by atoms with van der Waals surface area (Å²) in [4.78, 5) is 4.01. The predicted molar refractivity (Wildman–Crippen MR) is 52.3 cm³/mol. The van der Waals surface area contributed by atoms with Crippen molar-refractivity contribution < 1.29 is 5.21 Å². The van der Waals surface area contributed by atoms with Gasteiger partial charge in [0.15, 0.2) is 0 Å². The van der Waals surface area contributed by atoms with Gasteiger partial charge in [-0.1, -0.05) is 11.2 Å². The first-order valence-corrected chi connectivity index (χ1v) is 4.17. The van der Waals surface area contributed by atoms with E-state index in [-0.39, 0.29) is 5.84 Å². The average Bonchev–Trinajstić information content (AvgIpc) is 2.66. The topological polar surface area (TPSA) is 75.9 Å². The van der Waals surface area contributed by atoms with Gasteiger partial charge in [0.1, 0.15) is 5.84 Å². The molecule has 2 heterocycles. The van der Waals surface area contributed by atoms with Crippen molar-refractivity contribution in [3.63, 3.8) is 0 Å². The lowest BCUT2D eigenvalue weighted by Gasteiger charge is -2.01. The van der Waals surface area contributed by atoms with E-state index in [0.29, 0.717) is 6.42 Å². The number of pyridine rings is 1. The van der Waals surface area contributed by atoms with Gasteiger partial charge in [-0.15, -0.1) is 0 Å².